The van der Waals surface area contributed by atoms with Crippen LogP contribution in [0, 0.1) is 11.8 Å². The van der Waals surface area contributed by atoms with E-state index in [-0.39, 0.29) is 36.3 Å². The lowest BCUT2D eigenvalue weighted by atomic mass is 9.69. The van der Waals surface area contributed by atoms with Gasteiger partial charge in [-0.25, -0.2) is 9.59 Å². The van der Waals surface area contributed by atoms with Gasteiger partial charge in [0, 0.05) is 11.8 Å². The van der Waals surface area contributed by atoms with E-state index in [0.717, 1.165) is 12.8 Å². The zero-order chi connectivity index (χ0) is 14.0. The van der Waals surface area contributed by atoms with Crippen LogP contribution in [0.4, 0.5) is 0 Å². The van der Waals surface area contributed by atoms with E-state index in [1.54, 1.807) is 0 Å². The van der Waals surface area contributed by atoms with Crippen LogP contribution >= 0.6 is 0 Å². The van der Waals surface area contributed by atoms with Crippen molar-refractivity contribution in [3.63, 3.8) is 0 Å². The van der Waals surface area contributed by atoms with Crippen LogP contribution in [0.1, 0.15) is 12.8 Å². The number of esters is 2. The maximum absolute atomic E-state index is 12.0. The fraction of sp³-hybridized carbons (Fsp3) is 0.714. The molecule has 4 aliphatic heterocycles. The third-order valence-electron chi connectivity index (χ3n) is 5.05. The van der Waals surface area contributed by atoms with Gasteiger partial charge in [0.05, 0.1) is 49.8 Å². The molecule has 0 amide bonds. The number of carbonyl (C=O) groups excluding carboxylic acids is 2. The maximum atomic E-state index is 12.0. The molecule has 4 aliphatic rings. The monoisotopic (exact) mass is 280 g/mol. The number of rotatable bonds is 2. The van der Waals surface area contributed by atoms with Gasteiger partial charge in [-0.1, -0.05) is 0 Å². The second-order valence-corrected chi connectivity index (χ2v) is 5.73. The second kappa shape index (κ2) is 4.05. The average Bonchev–Trinajstić information content (AvgIpc) is 3.20. The van der Waals surface area contributed by atoms with Crippen LogP contribution in [0.25, 0.3) is 0 Å². The topological polar surface area (TPSA) is 71.1 Å². The molecule has 0 N–H and O–H groups in total. The van der Waals surface area contributed by atoms with Crippen LogP contribution in [0.2, 0.25) is 0 Å². The van der Waals surface area contributed by atoms with Gasteiger partial charge >= 0.3 is 11.9 Å². The Balaban J connectivity index is 1.79. The highest BCUT2D eigenvalue weighted by atomic mass is 16.6. The first-order chi connectivity index (χ1) is 9.67. The Labute approximate surface area is 116 Å². The lowest BCUT2D eigenvalue weighted by Gasteiger charge is -2.29. The van der Waals surface area contributed by atoms with Crippen LogP contribution in [0.15, 0.2) is 11.1 Å². The number of ether oxygens (including phenoxy) is 4. The largest absolute Gasteiger partial charge is 0.466 e. The zero-order valence-corrected chi connectivity index (χ0v) is 11.3. The molecule has 108 valence electrons. The summed E-state index contributed by atoms with van der Waals surface area (Å²) < 4.78 is 21.5. The Morgan fingerprint density at radius 2 is 1.35 bits per heavy atom. The van der Waals surface area contributed by atoms with Crippen molar-refractivity contribution in [1.29, 1.82) is 0 Å². The first kappa shape index (κ1) is 12.3. The predicted molar refractivity (Wildman–Crippen MR) is 64.6 cm³/mol. The summed E-state index contributed by atoms with van der Waals surface area (Å²) in [5.41, 5.74) is 0.670. The molecule has 6 atom stereocenters. The number of hydrogen-bond acceptors (Lipinski definition) is 6. The highest BCUT2D eigenvalue weighted by Crippen LogP contribution is 2.58. The Kier molecular flexibility index (Phi) is 2.50. The molecule has 0 aromatic rings. The zero-order valence-electron chi connectivity index (χ0n) is 11.3. The molecule has 0 spiro atoms. The van der Waals surface area contributed by atoms with Crippen LogP contribution in [0.5, 0.6) is 0 Å². The molecule has 6 heteroatoms. The molecule has 0 aromatic heterocycles. The molecule has 6 nitrogen and oxygen atoms in total. The van der Waals surface area contributed by atoms with Gasteiger partial charge < -0.3 is 18.9 Å². The van der Waals surface area contributed by atoms with Gasteiger partial charge in [-0.2, -0.15) is 0 Å². The van der Waals surface area contributed by atoms with Crippen molar-refractivity contribution in [3.8, 4) is 0 Å². The molecule has 0 unspecified atom stereocenters. The number of methoxy groups -OCH3 is 2. The third-order valence-corrected chi connectivity index (χ3v) is 5.05. The Hall–Kier alpha value is -1.40. The van der Waals surface area contributed by atoms with Crippen molar-refractivity contribution < 1.29 is 28.5 Å². The molecule has 0 radical (unpaired) electrons. The van der Waals surface area contributed by atoms with Gasteiger partial charge in [-0.05, 0) is 12.8 Å². The number of fused-ring (bicyclic) bond motifs is 9. The maximum Gasteiger partial charge on any atom is 0.337 e. The quantitative estimate of drug-likeness (QED) is 0.673. The highest BCUT2D eigenvalue weighted by molar-refractivity contribution is 6.03. The van der Waals surface area contributed by atoms with Crippen LogP contribution < -0.4 is 0 Å². The van der Waals surface area contributed by atoms with Gasteiger partial charge in [-0.3, -0.25) is 0 Å². The molecule has 4 heterocycles. The summed E-state index contributed by atoms with van der Waals surface area (Å²) in [5.74, 6) is -0.666. The molecule has 4 rings (SSSR count). The van der Waals surface area contributed by atoms with Gasteiger partial charge in [0.25, 0.3) is 0 Å². The van der Waals surface area contributed by atoms with Gasteiger partial charge in [0.2, 0.25) is 0 Å². The van der Waals surface area contributed by atoms with Crippen molar-refractivity contribution in [2.24, 2.45) is 11.8 Å². The summed E-state index contributed by atoms with van der Waals surface area (Å²) >= 11 is 0. The van der Waals surface area contributed by atoms with E-state index in [9.17, 15) is 9.59 Å². The van der Waals surface area contributed by atoms with Gasteiger partial charge in [0.1, 0.15) is 0 Å². The first-order valence-electron chi connectivity index (χ1n) is 6.89. The summed E-state index contributed by atoms with van der Waals surface area (Å²) in [6.45, 7) is 0. The standard InChI is InChI=1S/C14H16O6/c1-17-13(15)9-10(14(16)18-2)12-8-6-4-3-5(19-6)7(8)11(9)20-12/h5-8,11-12H,3-4H2,1-2H3/t5-,6-,7-,8+,11-,12-/m0/s1. The summed E-state index contributed by atoms with van der Waals surface area (Å²) in [4.78, 5) is 24.0. The third kappa shape index (κ3) is 1.31. The van der Waals surface area contributed by atoms with E-state index < -0.39 is 11.9 Å². The SMILES string of the molecule is COC(=O)C1=C(C(=O)OC)[C@H]2O[C@H]1[C@@H]1[C@H]2[C@@H]2CC[C@@H]1O2. The minimum absolute atomic E-state index is 0.138. The van der Waals surface area contributed by atoms with E-state index in [4.69, 9.17) is 18.9 Å². The van der Waals surface area contributed by atoms with Crippen molar-refractivity contribution in [3.05, 3.63) is 11.1 Å². The van der Waals surface area contributed by atoms with Crippen molar-refractivity contribution >= 4 is 11.9 Å². The van der Waals surface area contributed by atoms with E-state index in [2.05, 4.69) is 0 Å². The fourth-order valence-corrected chi connectivity index (χ4v) is 4.38. The van der Waals surface area contributed by atoms with Crippen molar-refractivity contribution in [2.75, 3.05) is 14.2 Å². The van der Waals surface area contributed by atoms with Crippen molar-refractivity contribution in [2.45, 2.75) is 37.3 Å². The normalized spacial score (nSPS) is 43.9. The number of hydrogen-bond donors (Lipinski definition) is 0. The lowest BCUT2D eigenvalue weighted by Crippen LogP contribution is -2.40. The molecule has 3 fully saturated rings. The molecule has 20 heavy (non-hydrogen) atoms. The lowest BCUT2D eigenvalue weighted by molar-refractivity contribution is -0.139. The molecule has 3 saturated heterocycles. The fourth-order valence-electron chi connectivity index (χ4n) is 4.38. The molecule has 4 bridgehead atoms. The van der Waals surface area contributed by atoms with Crippen LogP contribution in [-0.4, -0.2) is 50.6 Å². The summed E-state index contributed by atoms with van der Waals surface area (Å²) in [6.07, 6.45) is 1.50. The van der Waals surface area contributed by atoms with Crippen LogP contribution in [-0.2, 0) is 28.5 Å². The summed E-state index contributed by atoms with van der Waals surface area (Å²) in [6, 6.07) is 0. The Morgan fingerprint density at radius 3 is 1.75 bits per heavy atom. The minimum Gasteiger partial charge on any atom is -0.466 e. The summed E-state index contributed by atoms with van der Waals surface area (Å²) in [5, 5.41) is 0. The summed E-state index contributed by atoms with van der Waals surface area (Å²) in [7, 11) is 2.62. The van der Waals surface area contributed by atoms with Gasteiger partial charge in [0.15, 0.2) is 0 Å². The molecule has 0 saturated carbocycles. The van der Waals surface area contributed by atoms with E-state index in [1.807, 2.05) is 0 Å². The second-order valence-electron chi connectivity index (χ2n) is 5.73. The number of carbonyl (C=O) groups is 2. The van der Waals surface area contributed by atoms with Gasteiger partial charge in [-0.15, -0.1) is 0 Å². The van der Waals surface area contributed by atoms with E-state index in [0.29, 0.717) is 11.1 Å². The molecule has 0 aromatic carbocycles. The average molecular weight is 280 g/mol. The highest BCUT2D eigenvalue weighted by Gasteiger charge is 2.67. The van der Waals surface area contributed by atoms with Crippen LogP contribution in [0.3, 0.4) is 0 Å². The van der Waals surface area contributed by atoms with Crippen molar-refractivity contribution in [1.82, 2.24) is 0 Å². The molecular formula is C14H16O6. The Morgan fingerprint density at radius 1 is 0.900 bits per heavy atom. The first-order valence-corrected chi connectivity index (χ1v) is 6.89. The smallest absolute Gasteiger partial charge is 0.337 e. The Bertz CT molecular complexity index is 480. The molecular weight excluding hydrogens is 264 g/mol. The van der Waals surface area contributed by atoms with E-state index in [1.165, 1.54) is 14.2 Å². The molecule has 0 aliphatic carbocycles. The van der Waals surface area contributed by atoms with E-state index >= 15 is 0 Å². The minimum atomic E-state index is -0.501. The predicted octanol–water partition coefficient (Wildman–Crippen LogP) is 0.204.